The lowest BCUT2D eigenvalue weighted by molar-refractivity contribution is 0.315. The number of allylic oxidation sites excluding steroid dienone is 1. The molecule has 0 aliphatic rings. The maximum Gasteiger partial charge on any atom is 0.130 e. The molecule has 0 atom stereocenters. The van der Waals surface area contributed by atoms with Crippen molar-refractivity contribution in [2.75, 3.05) is 6.61 Å². The summed E-state index contributed by atoms with van der Waals surface area (Å²) in [6, 6.07) is 7.55. The molecule has 2 nitrogen and oxygen atoms in total. The van der Waals surface area contributed by atoms with E-state index in [1.54, 1.807) is 6.08 Å². The Balaban J connectivity index is 2.90. The molecule has 0 saturated heterocycles. The van der Waals surface area contributed by atoms with Gasteiger partial charge in [-0.25, -0.2) is 0 Å². The second-order valence-corrected chi connectivity index (χ2v) is 3.34. The standard InChI is InChI=1S/C13H18O2/c1-3-7-12(14)11-8-5-6-9-13(11)15-10-4-2/h5-9,14H,3-4,10H2,1-2H3/b12-7+. The molecule has 1 rings (SSSR count). The van der Waals surface area contributed by atoms with E-state index in [4.69, 9.17) is 4.74 Å². The van der Waals surface area contributed by atoms with E-state index in [2.05, 4.69) is 6.92 Å². The smallest absolute Gasteiger partial charge is 0.130 e. The van der Waals surface area contributed by atoms with Crippen LogP contribution in [0.2, 0.25) is 0 Å². The maximum absolute atomic E-state index is 9.78. The van der Waals surface area contributed by atoms with Crippen LogP contribution >= 0.6 is 0 Å². The summed E-state index contributed by atoms with van der Waals surface area (Å²) in [4.78, 5) is 0. The summed E-state index contributed by atoms with van der Waals surface area (Å²) in [5.41, 5.74) is 0.771. The van der Waals surface area contributed by atoms with Gasteiger partial charge in [0.1, 0.15) is 11.5 Å². The Morgan fingerprint density at radius 1 is 1.33 bits per heavy atom. The molecule has 0 saturated carbocycles. The number of rotatable bonds is 5. The van der Waals surface area contributed by atoms with Gasteiger partial charge >= 0.3 is 0 Å². The van der Waals surface area contributed by atoms with Crippen LogP contribution in [-0.4, -0.2) is 11.7 Å². The molecular formula is C13H18O2. The molecule has 1 aromatic carbocycles. The van der Waals surface area contributed by atoms with E-state index < -0.39 is 0 Å². The number of para-hydroxylation sites is 1. The fraction of sp³-hybridized carbons (Fsp3) is 0.385. The highest BCUT2D eigenvalue weighted by atomic mass is 16.5. The number of hydrogen-bond donors (Lipinski definition) is 1. The fourth-order valence-corrected chi connectivity index (χ4v) is 1.32. The molecule has 0 unspecified atom stereocenters. The Bertz CT molecular complexity index is 329. The van der Waals surface area contributed by atoms with Gasteiger partial charge in [0.2, 0.25) is 0 Å². The van der Waals surface area contributed by atoms with E-state index in [0.29, 0.717) is 12.4 Å². The number of hydrogen-bond acceptors (Lipinski definition) is 2. The predicted molar refractivity (Wildman–Crippen MR) is 63.1 cm³/mol. The third-order valence-electron chi connectivity index (χ3n) is 2.02. The quantitative estimate of drug-likeness (QED) is 0.743. The molecule has 0 bridgehead atoms. The lowest BCUT2D eigenvalue weighted by Crippen LogP contribution is -1.98. The van der Waals surface area contributed by atoms with E-state index in [1.807, 2.05) is 31.2 Å². The predicted octanol–water partition coefficient (Wildman–Crippen LogP) is 3.78. The second-order valence-electron chi connectivity index (χ2n) is 3.34. The van der Waals surface area contributed by atoms with Gasteiger partial charge in [-0.05, 0) is 31.1 Å². The summed E-state index contributed by atoms with van der Waals surface area (Å²) in [6.07, 6.45) is 3.56. The Morgan fingerprint density at radius 3 is 2.73 bits per heavy atom. The third-order valence-corrected chi connectivity index (χ3v) is 2.02. The van der Waals surface area contributed by atoms with Crippen LogP contribution in [0.1, 0.15) is 32.3 Å². The van der Waals surface area contributed by atoms with Crippen molar-refractivity contribution in [3.05, 3.63) is 35.9 Å². The lowest BCUT2D eigenvalue weighted by Gasteiger charge is -2.09. The van der Waals surface area contributed by atoms with Crippen molar-refractivity contribution in [3.8, 4) is 5.75 Å². The molecule has 15 heavy (non-hydrogen) atoms. The first-order valence-electron chi connectivity index (χ1n) is 5.40. The average Bonchev–Trinajstić information content (AvgIpc) is 2.27. The number of aliphatic hydroxyl groups excluding tert-OH is 1. The van der Waals surface area contributed by atoms with Gasteiger partial charge in [-0.1, -0.05) is 26.0 Å². The first-order valence-corrected chi connectivity index (χ1v) is 5.40. The zero-order chi connectivity index (χ0) is 11.1. The van der Waals surface area contributed by atoms with Crippen molar-refractivity contribution in [3.63, 3.8) is 0 Å². The van der Waals surface area contributed by atoms with Crippen LogP contribution in [-0.2, 0) is 0 Å². The van der Waals surface area contributed by atoms with Crippen LogP contribution < -0.4 is 4.74 Å². The number of benzene rings is 1. The van der Waals surface area contributed by atoms with E-state index in [-0.39, 0.29) is 0 Å². The van der Waals surface area contributed by atoms with Crippen LogP contribution in [0, 0.1) is 0 Å². The Labute approximate surface area is 91.2 Å². The highest BCUT2D eigenvalue weighted by Gasteiger charge is 2.05. The van der Waals surface area contributed by atoms with Gasteiger partial charge in [-0.2, -0.15) is 0 Å². The van der Waals surface area contributed by atoms with Gasteiger partial charge in [0.25, 0.3) is 0 Å². The van der Waals surface area contributed by atoms with Crippen molar-refractivity contribution in [1.82, 2.24) is 0 Å². The van der Waals surface area contributed by atoms with Gasteiger partial charge in [0.15, 0.2) is 0 Å². The average molecular weight is 206 g/mol. The molecule has 82 valence electrons. The van der Waals surface area contributed by atoms with Crippen molar-refractivity contribution < 1.29 is 9.84 Å². The topological polar surface area (TPSA) is 29.5 Å². The van der Waals surface area contributed by atoms with E-state index in [9.17, 15) is 5.11 Å². The molecule has 0 aromatic heterocycles. The zero-order valence-corrected chi connectivity index (χ0v) is 9.36. The minimum Gasteiger partial charge on any atom is -0.508 e. The van der Waals surface area contributed by atoms with Crippen LogP contribution in [0.15, 0.2) is 30.3 Å². The van der Waals surface area contributed by atoms with Crippen molar-refractivity contribution in [2.24, 2.45) is 0 Å². The molecule has 0 amide bonds. The maximum atomic E-state index is 9.78. The summed E-state index contributed by atoms with van der Waals surface area (Å²) in [6.45, 7) is 4.73. The molecule has 0 heterocycles. The molecule has 0 radical (unpaired) electrons. The molecule has 0 aliphatic carbocycles. The highest BCUT2D eigenvalue weighted by Crippen LogP contribution is 2.24. The van der Waals surface area contributed by atoms with Crippen molar-refractivity contribution >= 4 is 5.76 Å². The molecule has 1 N–H and O–H groups in total. The molecule has 0 aliphatic heterocycles. The van der Waals surface area contributed by atoms with Gasteiger partial charge in [-0.15, -0.1) is 0 Å². The number of ether oxygens (including phenoxy) is 1. The SMILES string of the molecule is CC/C=C(/O)c1ccccc1OCCC. The summed E-state index contributed by atoms with van der Waals surface area (Å²) in [5.74, 6) is 1.05. The van der Waals surface area contributed by atoms with E-state index in [0.717, 1.165) is 24.2 Å². The fourth-order valence-electron chi connectivity index (χ4n) is 1.32. The number of aliphatic hydroxyl groups is 1. The Morgan fingerprint density at radius 2 is 2.07 bits per heavy atom. The highest BCUT2D eigenvalue weighted by molar-refractivity contribution is 5.64. The Kier molecular flexibility index (Phi) is 4.75. The summed E-state index contributed by atoms with van der Waals surface area (Å²) in [7, 11) is 0. The first-order chi connectivity index (χ1) is 7.29. The first kappa shape index (κ1) is 11.6. The van der Waals surface area contributed by atoms with E-state index in [1.165, 1.54) is 0 Å². The monoisotopic (exact) mass is 206 g/mol. The van der Waals surface area contributed by atoms with Gasteiger partial charge in [0.05, 0.1) is 12.2 Å². The molecule has 1 aromatic rings. The van der Waals surface area contributed by atoms with Crippen LogP contribution in [0.4, 0.5) is 0 Å². The molecule has 0 spiro atoms. The molecule has 2 heteroatoms. The lowest BCUT2D eigenvalue weighted by atomic mass is 10.1. The Hall–Kier alpha value is -1.44. The largest absolute Gasteiger partial charge is 0.508 e. The second kappa shape index (κ2) is 6.12. The third kappa shape index (κ3) is 3.31. The minimum absolute atomic E-state index is 0.296. The van der Waals surface area contributed by atoms with Crippen LogP contribution in [0.5, 0.6) is 5.75 Å². The van der Waals surface area contributed by atoms with Crippen LogP contribution in [0.3, 0.4) is 0 Å². The zero-order valence-electron chi connectivity index (χ0n) is 9.36. The van der Waals surface area contributed by atoms with Crippen LogP contribution in [0.25, 0.3) is 5.76 Å². The van der Waals surface area contributed by atoms with Gasteiger partial charge in [-0.3, -0.25) is 0 Å². The summed E-state index contributed by atoms with van der Waals surface area (Å²) in [5, 5.41) is 9.78. The van der Waals surface area contributed by atoms with E-state index >= 15 is 0 Å². The van der Waals surface area contributed by atoms with Crippen molar-refractivity contribution in [1.29, 1.82) is 0 Å². The van der Waals surface area contributed by atoms with Gasteiger partial charge in [0, 0.05) is 0 Å². The van der Waals surface area contributed by atoms with Crippen molar-refractivity contribution in [2.45, 2.75) is 26.7 Å². The normalized spacial score (nSPS) is 11.5. The van der Waals surface area contributed by atoms with Gasteiger partial charge < -0.3 is 9.84 Å². The molecular weight excluding hydrogens is 188 g/mol. The molecule has 0 fully saturated rings. The summed E-state index contributed by atoms with van der Waals surface area (Å²) < 4.78 is 5.55. The summed E-state index contributed by atoms with van der Waals surface area (Å²) >= 11 is 0. The minimum atomic E-state index is 0.296.